The molecule has 0 bridgehead atoms. The number of rotatable bonds is 13. The van der Waals surface area contributed by atoms with E-state index < -0.39 is 22.5 Å². The molecule has 2 N–H and O–H groups in total. The summed E-state index contributed by atoms with van der Waals surface area (Å²) < 4.78 is 41.6. The Kier molecular flexibility index (Phi) is 10.5. The highest BCUT2D eigenvalue weighted by Crippen LogP contribution is 2.32. The van der Waals surface area contributed by atoms with Crippen molar-refractivity contribution in [3.8, 4) is 17.2 Å². The van der Waals surface area contributed by atoms with Crippen LogP contribution < -0.4 is 29.3 Å². The van der Waals surface area contributed by atoms with Gasteiger partial charge in [0.05, 0.1) is 38.4 Å². The number of anilines is 1. The molecular weight excluding hydrogens is 536 g/mol. The van der Waals surface area contributed by atoms with E-state index in [0.717, 1.165) is 16.1 Å². The Morgan fingerprint density at radius 3 is 2.25 bits per heavy atom. The predicted molar refractivity (Wildman–Crippen MR) is 152 cm³/mol. The van der Waals surface area contributed by atoms with E-state index in [1.807, 2.05) is 37.3 Å². The fourth-order valence-electron chi connectivity index (χ4n) is 3.63. The Labute approximate surface area is 233 Å². The maximum absolute atomic E-state index is 12.5. The Morgan fingerprint density at radius 2 is 1.62 bits per heavy atom. The van der Waals surface area contributed by atoms with E-state index in [2.05, 4.69) is 15.8 Å². The van der Waals surface area contributed by atoms with Gasteiger partial charge in [0.25, 0.3) is 11.8 Å². The first-order chi connectivity index (χ1) is 19.1. The van der Waals surface area contributed by atoms with Gasteiger partial charge in [-0.3, -0.25) is 13.9 Å². The van der Waals surface area contributed by atoms with Gasteiger partial charge in [-0.05, 0) is 54.4 Å². The number of hydrazone groups is 1. The van der Waals surface area contributed by atoms with E-state index in [1.54, 1.807) is 30.3 Å². The lowest BCUT2D eigenvalue weighted by Gasteiger charge is -2.22. The molecule has 11 nitrogen and oxygen atoms in total. The van der Waals surface area contributed by atoms with Gasteiger partial charge in [0.15, 0.2) is 18.1 Å². The summed E-state index contributed by atoms with van der Waals surface area (Å²) in [5.74, 6) is 0.337. The van der Waals surface area contributed by atoms with Crippen molar-refractivity contribution in [2.45, 2.75) is 13.0 Å². The zero-order valence-corrected chi connectivity index (χ0v) is 23.5. The van der Waals surface area contributed by atoms with E-state index in [-0.39, 0.29) is 24.2 Å². The number of hydrogen-bond acceptors (Lipinski definition) is 8. The lowest BCUT2D eigenvalue weighted by atomic mass is 10.1. The number of amides is 2. The van der Waals surface area contributed by atoms with Gasteiger partial charge in [-0.25, -0.2) is 13.8 Å². The number of hydrogen-bond donors (Lipinski definition) is 2. The molecule has 0 aliphatic heterocycles. The highest BCUT2D eigenvalue weighted by atomic mass is 32.2. The van der Waals surface area contributed by atoms with Crippen LogP contribution >= 0.6 is 0 Å². The largest absolute Gasteiger partial charge is 0.493 e. The van der Waals surface area contributed by atoms with Crippen molar-refractivity contribution in [3.63, 3.8) is 0 Å². The van der Waals surface area contributed by atoms with Crippen molar-refractivity contribution in [1.82, 2.24) is 10.7 Å². The quantitative estimate of drug-likeness (QED) is 0.239. The van der Waals surface area contributed by atoms with Crippen LogP contribution in [0, 0.1) is 0 Å². The molecule has 0 fully saturated rings. The molecule has 0 heterocycles. The summed E-state index contributed by atoms with van der Waals surface area (Å²) in [7, 11) is -0.900. The molecule has 0 aliphatic rings. The van der Waals surface area contributed by atoms with Gasteiger partial charge in [0.2, 0.25) is 10.0 Å². The summed E-state index contributed by atoms with van der Waals surface area (Å²) in [6.45, 7) is 1.26. The second kappa shape index (κ2) is 14.0. The number of sulfonamides is 1. The molecule has 0 spiro atoms. The summed E-state index contributed by atoms with van der Waals surface area (Å²) in [5.41, 5.74) is 4.20. The van der Waals surface area contributed by atoms with Gasteiger partial charge >= 0.3 is 0 Å². The van der Waals surface area contributed by atoms with E-state index in [4.69, 9.17) is 14.2 Å². The van der Waals surface area contributed by atoms with Crippen molar-refractivity contribution >= 4 is 33.7 Å². The first-order valence-corrected chi connectivity index (χ1v) is 14.0. The second-order valence-corrected chi connectivity index (χ2v) is 10.6. The van der Waals surface area contributed by atoms with E-state index in [1.165, 1.54) is 32.6 Å². The number of benzene rings is 3. The average Bonchev–Trinajstić information content (AvgIpc) is 2.95. The van der Waals surface area contributed by atoms with Crippen LogP contribution in [0.2, 0.25) is 0 Å². The predicted octanol–water partition coefficient (Wildman–Crippen LogP) is 2.88. The first kappa shape index (κ1) is 30.0. The van der Waals surface area contributed by atoms with Gasteiger partial charge in [-0.1, -0.05) is 30.3 Å². The number of methoxy groups -OCH3 is 2. The molecule has 0 unspecified atom stereocenters. The van der Waals surface area contributed by atoms with Crippen LogP contribution in [0.4, 0.5) is 5.69 Å². The third kappa shape index (κ3) is 8.73. The molecule has 40 heavy (non-hydrogen) atoms. The maximum atomic E-state index is 12.5. The molecule has 3 rings (SSSR count). The van der Waals surface area contributed by atoms with Crippen molar-refractivity contribution in [2.75, 3.05) is 37.9 Å². The lowest BCUT2D eigenvalue weighted by Crippen LogP contribution is -2.39. The standard InChI is InChI=1S/C28H32N4O7S/c1-20(22-8-6-5-7-9-22)30-28(34)19-39-24-13-10-21(11-14-24)17-29-31-27(33)18-32(40(4,35)36)23-12-15-25(37-2)26(16-23)38-3/h5-17,20H,18-19H2,1-4H3,(H,30,34)(H,31,33)/b29-17-/t20-/m0/s1. The minimum absolute atomic E-state index is 0.141. The van der Waals surface area contributed by atoms with Crippen LogP contribution in [0.25, 0.3) is 0 Å². The highest BCUT2D eigenvalue weighted by Gasteiger charge is 2.22. The molecule has 0 radical (unpaired) electrons. The Balaban J connectivity index is 1.51. The number of carbonyl (C=O) groups excluding carboxylic acids is 2. The molecule has 0 saturated heterocycles. The zero-order valence-electron chi connectivity index (χ0n) is 22.7. The highest BCUT2D eigenvalue weighted by molar-refractivity contribution is 7.92. The second-order valence-electron chi connectivity index (χ2n) is 8.66. The summed E-state index contributed by atoms with van der Waals surface area (Å²) in [6.07, 6.45) is 2.40. The molecular formula is C28H32N4O7S. The zero-order chi connectivity index (χ0) is 29.1. The van der Waals surface area contributed by atoms with Crippen LogP contribution in [0.15, 0.2) is 77.9 Å². The van der Waals surface area contributed by atoms with E-state index >= 15 is 0 Å². The lowest BCUT2D eigenvalue weighted by molar-refractivity contribution is -0.123. The Bertz CT molecular complexity index is 1430. The fourth-order valence-corrected chi connectivity index (χ4v) is 4.48. The van der Waals surface area contributed by atoms with Gasteiger partial charge in [0, 0.05) is 6.07 Å². The minimum Gasteiger partial charge on any atom is -0.493 e. The molecule has 2 amide bonds. The monoisotopic (exact) mass is 568 g/mol. The maximum Gasteiger partial charge on any atom is 0.260 e. The molecule has 3 aromatic carbocycles. The number of nitrogens with one attached hydrogen (secondary N) is 2. The van der Waals surface area contributed by atoms with Crippen LogP contribution in [-0.4, -0.2) is 60.1 Å². The smallest absolute Gasteiger partial charge is 0.260 e. The van der Waals surface area contributed by atoms with Crippen LogP contribution in [0.1, 0.15) is 24.1 Å². The van der Waals surface area contributed by atoms with Gasteiger partial charge in [-0.2, -0.15) is 5.10 Å². The van der Waals surface area contributed by atoms with Gasteiger partial charge < -0.3 is 19.5 Å². The van der Waals surface area contributed by atoms with E-state index in [9.17, 15) is 18.0 Å². The average molecular weight is 569 g/mol. The summed E-state index contributed by atoms with van der Waals surface area (Å²) in [4.78, 5) is 24.7. The first-order valence-electron chi connectivity index (χ1n) is 12.2. The Hall–Kier alpha value is -4.58. The van der Waals surface area contributed by atoms with Crippen molar-refractivity contribution in [2.24, 2.45) is 5.10 Å². The molecule has 0 aromatic heterocycles. The van der Waals surface area contributed by atoms with Crippen LogP contribution in [-0.2, 0) is 19.6 Å². The fraction of sp³-hybridized carbons (Fsp3) is 0.250. The van der Waals surface area contributed by atoms with Crippen molar-refractivity contribution in [3.05, 3.63) is 83.9 Å². The van der Waals surface area contributed by atoms with Crippen LogP contribution in [0.3, 0.4) is 0 Å². The third-order valence-corrected chi connectivity index (χ3v) is 6.81. The molecule has 0 saturated carbocycles. The van der Waals surface area contributed by atoms with Gasteiger partial charge in [0.1, 0.15) is 12.3 Å². The van der Waals surface area contributed by atoms with Crippen molar-refractivity contribution in [1.29, 1.82) is 0 Å². The van der Waals surface area contributed by atoms with E-state index in [0.29, 0.717) is 22.8 Å². The third-order valence-electron chi connectivity index (χ3n) is 5.67. The van der Waals surface area contributed by atoms with Gasteiger partial charge in [-0.15, -0.1) is 0 Å². The normalized spacial score (nSPS) is 11.9. The topological polar surface area (TPSA) is 136 Å². The number of carbonyl (C=O) groups is 2. The summed E-state index contributed by atoms with van der Waals surface area (Å²) in [5, 5.41) is 6.78. The molecule has 12 heteroatoms. The van der Waals surface area contributed by atoms with Crippen LogP contribution in [0.5, 0.6) is 17.2 Å². The summed E-state index contributed by atoms with van der Waals surface area (Å²) in [6, 6.07) is 20.7. The Morgan fingerprint density at radius 1 is 0.950 bits per heavy atom. The summed E-state index contributed by atoms with van der Waals surface area (Å²) >= 11 is 0. The molecule has 0 aliphatic carbocycles. The molecule has 212 valence electrons. The minimum atomic E-state index is -3.79. The molecule has 3 aromatic rings. The molecule has 1 atom stereocenters. The number of nitrogens with zero attached hydrogens (tertiary/aromatic N) is 2. The number of ether oxygens (including phenoxy) is 3. The van der Waals surface area contributed by atoms with Crippen molar-refractivity contribution < 1.29 is 32.2 Å². The SMILES string of the molecule is COc1ccc(N(CC(=O)N/N=C\c2ccc(OCC(=O)N[C@@H](C)c3ccccc3)cc2)S(C)(=O)=O)cc1OC.